The van der Waals surface area contributed by atoms with Crippen LogP contribution in [0.15, 0.2) is 35.9 Å². The van der Waals surface area contributed by atoms with Crippen LogP contribution in [0.5, 0.6) is 0 Å². The summed E-state index contributed by atoms with van der Waals surface area (Å²) in [4.78, 5) is 22.4. The summed E-state index contributed by atoms with van der Waals surface area (Å²) in [5.41, 5.74) is 2.41. The standard InChI is InChI=1S/C15H17NO3/c1-10(12-5-6-12)7-14(17)16-13-4-2-3-11(8-13)9-15(18)19/h2-4,7-8,12H,5-6,9H2,1H3,(H,16,17)(H,18,19)/b10-7+. The van der Waals surface area contributed by atoms with Gasteiger partial charge in [0, 0.05) is 11.8 Å². The van der Waals surface area contributed by atoms with Gasteiger partial charge in [0.25, 0.3) is 0 Å². The van der Waals surface area contributed by atoms with Crippen LogP contribution in [0.4, 0.5) is 5.69 Å². The van der Waals surface area contributed by atoms with Crippen molar-refractivity contribution in [3.63, 3.8) is 0 Å². The van der Waals surface area contributed by atoms with E-state index in [1.54, 1.807) is 30.3 Å². The minimum Gasteiger partial charge on any atom is -0.481 e. The molecule has 4 heteroatoms. The van der Waals surface area contributed by atoms with Gasteiger partial charge in [-0.15, -0.1) is 0 Å². The van der Waals surface area contributed by atoms with E-state index in [9.17, 15) is 9.59 Å². The van der Waals surface area contributed by atoms with Crippen molar-refractivity contribution in [2.45, 2.75) is 26.2 Å². The largest absolute Gasteiger partial charge is 0.481 e. The first-order chi connectivity index (χ1) is 9.04. The van der Waals surface area contributed by atoms with Crippen molar-refractivity contribution in [3.8, 4) is 0 Å². The minimum atomic E-state index is -0.882. The molecule has 1 aliphatic rings. The molecule has 1 aliphatic carbocycles. The van der Waals surface area contributed by atoms with Crippen LogP contribution in [0.25, 0.3) is 0 Å². The van der Waals surface area contributed by atoms with Gasteiger partial charge in [-0.1, -0.05) is 17.7 Å². The number of hydrogen-bond donors (Lipinski definition) is 2. The van der Waals surface area contributed by atoms with E-state index in [1.165, 1.54) is 12.8 Å². The van der Waals surface area contributed by atoms with Gasteiger partial charge >= 0.3 is 5.97 Å². The third kappa shape index (κ3) is 4.25. The summed E-state index contributed by atoms with van der Waals surface area (Å²) >= 11 is 0. The number of nitrogens with one attached hydrogen (secondary N) is 1. The van der Waals surface area contributed by atoms with Crippen LogP contribution in [0, 0.1) is 5.92 Å². The Kier molecular flexibility index (Phi) is 4.00. The molecule has 0 atom stereocenters. The lowest BCUT2D eigenvalue weighted by atomic mass is 10.1. The van der Waals surface area contributed by atoms with E-state index in [4.69, 9.17) is 5.11 Å². The number of carboxylic acids is 1. The number of carboxylic acid groups (broad SMARTS) is 1. The lowest BCUT2D eigenvalue weighted by molar-refractivity contribution is -0.136. The van der Waals surface area contributed by atoms with Gasteiger partial charge in [-0.25, -0.2) is 0 Å². The van der Waals surface area contributed by atoms with E-state index in [1.807, 2.05) is 6.92 Å². The van der Waals surface area contributed by atoms with Crippen molar-refractivity contribution >= 4 is 17.6 Å². The van der Waals surface area contributed by atoms with Crippen molar-refractivity contribution in [1.29, 1.82) is 0 Å². The molecule has 19 heavy (non-hydrogen) atoms. The molecule has 1 fully saturated rings. The molecule has 0 saturated heterocycles. The maximum Gasteiger partial charge on any atom is 0.307 e. The van der Waals surface area contributed by atoms with Gasteiger partial charge in [0.05, 0.1) is 6.42 Å². The fourth-order valence-electron chi connectivity index (χ4n) is 1.98. The molecular formula is C15H17NO3. The van der Waals surface area contributed by atoms with Gasteiger partial charge in [0.1, 0.15) is 0 Å². The number of carbonyl (C=O) groups is 2. The molecule has 0 spiro atoms. The number of anilines is 1. The maximum absolute atomic E-state index is 11.8. The molecule has 1 amide bonds. The predicted molar refractivity (Wildman–Crippen MR) is 72.9 cm³/mol. The topological polar surface area (TPSA) is 66.4 Å². The summed E-state index contributed by atoms with van der Waals surface area (Å²) in [5, 5.41) is 11.5. The van der Waals surface area contributed by atoms with Crippen LogP contribution in [0.2, 0.25) is 0 Å². The van der Waals surface area contributed by atoms with E-state index in [-0.39, 0.29) is 12.3 Å². The smallest absolute Gasteiger partial charge is 0.307 e. The van der Waals surface area contributed by atoms with Crippen LogP contribution < -0.4 is 5.32 Å². The number of carbonyl (C=O) groups excluding carboxylic acids is 1. The Balaban J connectivity index is 2.00. The van der Waals surface area contributed by atoms with Crippen LogP contribution >= 0.6 is 0 Å². The molecular weight excluding hydrogens is 242 g/mol. The highest BCUT2D eigenvalue weighted by atomic mass is 16.4. The van der Waals surface area contributed by atoms with Crippen LogP contribution in [0.3, 0.4) is 0 Å². The molecule has 2 N–H and O–H groups in total. The summed E-state index contributed by atoms with van der Waals surface area (Å²) in [6, 6.07) is 6.91. The number of hydrogen-bond acceptors (Lipinski definition) is 2. The molecule has 0 radical (unpaired) electrons. The first-order valence-corrected chi connectivity index (χ1v) is 6.34. The zero-order valence-corrected chi connectivity index (χ0v) is 10.8. The van der Waals surface area contributed by atoms with Gasteiger partial charge in [0.15, 0.2) is 0 Å². The lowest BCUT2D eigenvalue weighted by Gasteiger charge is -2.05. The molecule has 100 valence electrons. The minimum absolute atomic E-state index is 0.0410. The van der Waals surface area contributed by atoms with E-state index >= 15 is 0 Å². The zero-order chi connectivity index (χ0) is 13.8. The Morgan fingerprint density at radius 3 is 2.79 bits per heavy atom. The van der Waals surface area contributed by atoms with Gasteiger partial charge in [-0.05, 0) is 43.4 Å². The van der Waals surface area contributed by atoms with Crippen LogP contribution in [0.1, 0.15) is 25.3 Å². The Hall–Kier alpha value is -2.10. The average Bonchev–Trinajstić information content (AvgIpc) is 3.11. The fraction of sp³-hybridized carbons (Fsp3) is 0.333. The quantitative estimate of drug-likeness (QED) is 0.799. The van der Waals surface area contributed by atoms with Gasteiger partial charge in [-0.2, -0.15) is 0 Å². The summed E-state index contributed by atoms with van der Waals surface area (Å²) < 4.78 is 0. The second-order valence-electron chi connectivity index (χ2n) is 4.92. The molecule has 1 aromatic carbocycles. The third-order valence-corrected chi connectivity index (χ3v) is 3.13. The average molecular weight is 259 g/mol. The number of benzene rings is 1. The maximum atomic E-state index is 11.8. The van der Waals surface area contributed by atoms with Crippen molar-refractivity contribution in [1.82, 2.24) is 0 Å². The SMILES string of the molecule is C/C(=C\C(=O)Nc1cccc(CC(=O)O)c1)C1CC1. The molecule has 1 saturated carbocycles. The monoisotopic (exact) mass is 259 g/mol. The first kappa shape index (κ1) is 13.3. The molecule has 1 aromatic rings. The highest BCUT2D eigenvalue weighted by Crippen LogP contribution is 2.35. The van der Waals surface area contributed by atoms with Crippen LogP contribution in [-0.2, 0) is 16.0 Å². The van der Waals surface area contributed by atoms with Gasteiger partial charge in [0.2, 0.25) is 5.91 Å². The molecule has 4 nitrogen and oxygen atoms in total. The van der Waals surface area contributed by atoms with Gasteiger partial charge in [-0.3, -0.25) is 9.59 Å². The highest BCUT2D eigenvalue weighted by molar-refractivity contribution is 5.99. The molecule has 2 rings (SSSR count). The summed E-state index contributed by atoms with van der Waals surface area (Å²) in [6.45, 7) is 1.97. The Morgan fingerprint density at radius 1 is 1.42 bits per heavy atom. The van der Waals surface area contributed by atoms with E-state index in [0.717, 1.165) is 5.57 Å². The molecule has 0 aromatic heterocycles. The Labute approximate surface area is 112 Å². The summed E-state index contributed by atoms with van der Waals surface area (Å²) in [7, 11) is 0. The predicted octanol–water partition coefficient (Wildman–Crippen LogP) is 2.61. The molecule has 0 bridgehead atoms. The second kappa shape index (κ2) is 5.69. The number of allylic oxidation sites excluding steroid dienone is 1. The normalized spacial score (nSPS) is 15.1. The van der Waals surface area contributed by atoms with Crippen molar-refractivity contribution in [2.24, 2.45) is 5.92 Å². The number of aliphatic carboxylic acids is 1. The van der Waals surface area contributed by atoms with Gasteiger partial charge < -0.3 is 10.4 Å². The van der Waals surface area contributed by atoms with E-state index in [2.05, 4.69) is 5.32 Å². The fourth-order valence-corrected chi connectivity index (χ4v) is 1.98. The highest BCUT2D eigenvalue weighted by Gasteiger charge is 2.23. The number of amides is 1. The van der Waals surface area contributed by atoms with Crippen molar-refractivity contribution in [3.05, 3.63) is 41.5 Å². The van der Waals surface area contributed by atoms with E-state index in [0.29, 0.717) is 17.2 Å². The summed E-state index contributed by atoms with van der Waals surface area (Å²) in [5.74, 6) is -0.464. The number of rotatable bonds is 5. The third-order valence-electron chi connectivity index (χ3n) is 3.13. The Morgan fingerprint density at radius 2 is 2.16 bits per heavy atom. The first-order valence-electron chi connectivity index (χ1n) is 6.34. The second-order valence-corrected chi connectivity index (χ2v) is 4.92. The van der Waals surface area contributed by atoms with Crippen molar-refractivity contribution < 1.29 is 14.7 Å². The lowest BCUT2D eigenvalue weighted by Crippen LogP contribution is -2.09. The molecule has 0 unspecified atom stereocenters. The van der Waals surface area contributed by atoms with Crippen molar-refractivity contribution in [2.75, 3.05) is 5.32 Å². The molecule has 0 aliphatic heterocycles. The Bertz CT molecular complexity index is 530. The molecule has 0 heterocycles. The van der Waals surface area contributed by atoms with E-state index < -0.39 is 5.97 Å². The summed E-state index contributed by atoms with van der Waals surface area (Å²) in [6.07, 6.45) is 3.93. The van der Waals surface area contributed by atoms with Crippen LogP contribution in [-0.4, -0.2) is 17.0 Å². The zero-order valence-electron chi connectivity index (χ0n) is 10.8.